The minimum atomic E-state index is -1.24. The van der Waals surface area contributed by atoms with Crippen molar-refractivity contribution in [2.24, 2.45) is 5.41 Å². The molecular formula is C13H14ClNO5S. The van der Waals surface area contributed by atoms with E-state index in [9.17, 15) is 19.1 Å². The molecule has 0 aliphatic heterocycles. The molecule has 0 saturated heterocycles. The van der Waals surface area contributed by atoms with Crippen molar-refractivity contribution in [1.29, 1.82) is 0 Å². The van der Waals surface area contributed by atoms with E-state index in [1.807, 2.05) is 0 Å². The molecule has 1 atom stereocenters. The van der Waals surface area contributed by atoms with E-state index in [4.69, 9.17) is 16.7 Å². The Kier molecular flexibility index (Phi) is 4.63. The summed E-state index contributed by atoms with van der Waals surface area (Å²) in [5, 5.41) is 19.7. The fourth-order valence-corrected chi connectivity index (χ4v) is 4.30. The van der Waals surface area contributed by atoms with E-state index in [1.165, 1.54) is 18.2 Å². The van der Waals surface area contributed by atoms with Crippen molar-refractivity contribution < 1.29 is 19.0 Å². The summed E-state index contributed by atoms with van der Waals surface area (Å²) in [6.45, 7) is 0. The fourth-order valence-electron chi connectivity index (χ4n) is 2.20. The summed E-state index contributed by atoms with van der Waals surface area (Å²) in [5.74, 6) is -0.372. The fraction of sp³-hybridized carbons (Fsp3) is 0.462. The molecule has 1 saturated carbocycles. The van der Waals surface area contributed by atoms with E-state index in [-0.39, 0.29) is 28.3 Å². The minimum Gasteiger partial charge on any atom is -0.481 e. The first kappa shape index (κ1) is 15.9. The molecule has 1 unspecified atom stereocenters. The SMILES string of the molecule is O=C(O)CC1(CS(=O)Cc2ccc([N+](=O)[O-])cc2Cl)CC1. The monoisotopic (exact) mass is 331 g/mol. The Morgan fingerprint density at radius 1 is 1.48 bits per heavy atom. The zero-order valence-electron chi connectivity index (χ0n) is 11.1. The van der Waals surface area contributed by atoms with Gasteiger partial charge in [-0.15, -0.1) is 0 Å². The molecule has 0 spiro atoms. The van der Waals surface area contributed by atoms with Crippen LogP contribution in [0.4, 0.5) is 5.69 Å². The number of aliphatic carboxylic acids is 1. The smallest absolute Gasteiger partial charge is 0.303 e. The topological polar surface area (TPSA) is 97.5 Å². The van der Waals surface area contributed by atoms with E-state index >= 15 is 0 Å². The molecular weight excluding hydrogens is 318 g/mol. The average Bonchev–Trinajstić information content (AvgIpc) is 3.09. The summed E-state index contributed by atoms with van der Waals surface area (Å²) in [4.78, 5) is 20.8. The van der Waals surface area contributed by atoms with Crippen LogP contribution in [0.3, 0.4) is 0 Å². The van der Waals surface area contributed by atoms with E-state index in [2.05, 4.69) is 0 Å². The van der Waals surface area contributed by atoms with Gasteiger partial charge in [0.2, 0.25) is 0 Å². The van der Waals surface area contributed by atoms with Crippen molar-refractivity contribution in [2.45, 2.75) is 25.0 Å². The lowest BCUT2D eigenvalue weighted by atomic mass is 10.1. The molecule has 1 fully saturated rings. The number of nitrogens with zero attached hydrogens (tertiary/aromatic N) is 1. The Morgan fingerprint density at radius 2 is 2.14 bits per heavy atom. The molecule has 6 nitrogen and oxygen atoms in total. The van der Waals surface area contributed by atoms with Gasteiger partial charge in [0.1, 0.15) is 0 Å². The van der Waals surface area contributed by atoms with Gasteiger partial charge >= 0.3 is 5.97 Å². The van der Waals surface area contributed by atoms with E-state index in [0.717, 1.165) is 12.8 Å². The number of non-ortho nitro benzene ring substituents is 1. The number of benzene rings is 1. The molecule has 1 N–H and O–H groups in total. The molecule has 1 aliphatic rings. The van der Waals surface area contributed by atoms with E-state index < -0.39 is 21.7 Å². The van der Waals surface area contributed by atoms with Gasteiger partial charge in [-0.3, -0.25) is 19.1 Å². The highest BCUT2D eigenvalue weighted by Gasteiger charge is 2.45. The summed E-state index contributed by atoms with van der Waals surface area (Å²) in [7, 11) is -1.24. The lowest BCUT2D eigenvalue weighted by molar-refractivity contribution is -0.384. The summed E-state index contributed by atoms with van der Waals surface area (Å²) >= 11 is 5.96. The van der Waals surface area contributed by atoms with Gasteiger partial charge in [0.25, 0.3) is 5.69 Å². The molecule has 0 radical (unpaired) electrons. The number of carboxylic acids is 1. The summed E-state index contributed by atoms with van der Waals surface area (Å²) in [5.41, 5.74) is 0.120. The highest BCUT2D eigenvalue weighted by Crippen LogP contribution is 2.49. The van der Waals surface area contributed by atoms with Gasteiger partial charge in [0.05, 0.1) is 22.1 Å². The first-order chi connectivity index (χ1) is 9.81. The quantitative estimate of drug-likeness (QED) is 0.612. The van der Waals surface area contributed by atoms with Crippen LogP contribution in [0.5, 0.6) is 0 Å². The maximum atomic E-state index is 12.1. The number of halogens is 1. The van der Waals surface area contributed by atoms with Gasteiger partial charge in [-0.25, -0.2) is 0 Å². The lowest BCUT2D eigenvalue weighted by Crippen LogP contribution is -2.17. The molecule has 0 amide bonds. The second-order valence-electron chi connectivity index (χ2n) is 5.33. The van der Waals surface area contributed by atoms with Crippen LogP contribution in [-0.4, -0.2) is 26.0 Å². The molecule has 1 aromatic carbocycles. The van der Waals surface area contributed by atoms with E-state index in [1.54, 1.807) is 0 Å². The minimum absolute atomic E-state index is 0.0345. The third kappa shape index (κ3) is 4.25. The maximum absolute atomic E-state index is 12.1. The van der Waals surface area contributed by atoms with Gasteiger partial charge in [-0.1, -0.05) is 11.6 Å². The Hall–Kier alpha value is -1.47. The number of nitro groups is 1. The largest absolute Gasteiger partial charge is 0.481 e. The van der Waals surface area contributed by atoms with Crippen LogP contribution < -0.4 is 0 Å². The highest BCUT2D eigenvalue weighted by molar-refractivity contribution is 7.84. The van der Waals surface area contributed by atoms with Crippen LogP contribution in [-0.2, 0) is 21.3 Å². The van der Waals surface area contributed by atoms with Gasteiger partial charge < -0.3 is 5.11 Å². The van der Waals surface area contributed by atoms with Crippen molar-refractivity contribution in [3.8, 4) is 0 Å². The summed E-state index contributed by atoms with van der Waals surface area (Å²) in [6.07, 6.45) is 1.59. The summed E-state index contributed by atoms with van der Waals surface area (Å²) in [6, 6.07) is 4.05. The van der Waals surface area contributed by atoms with E-state index in [0.29, 0.717) is 11.3 Å². The molecule has 2 rings (SSSR count). The Labute approximate surface area is 128 Å². The number of carbonyl (C=O) groups is 1. The van der Waals surface area contributed by atoms with Crippen LogP contribution in [0.15, 0.2) is 18.2 Å². The molecule has 1 aliphatic carbocycles. The van der Waals surface area contributed by atoms with Crippen LogP contribution in [0.25, 0.3) is 0 Å². The number of hydrogen-bond donors (Lipinski definition) is 1. The molecule has 114 valence electrons. The Morgan fingerprint density at radius 3 is 2.62 bits per heavy atom. The zero-order chi connectivity index (χ0) is 15.6. The van der Waals surface area contributed by atoms with Crippen molar-refractivity contribution >= 4 is 34.1 Å². The molecule has 1 aromatic rings. The van der Waals surface area contributed by atoms with Gasteiger partial charge in [0, 0.05) is 28.7 Å². The first-order valence-corrected chi connectivity index (χ1v) is 8.17. The second-order valence-corrected chi connectivity index (χ2v) is 7.20. The lowest BCUT2D eigenvalue weighted by Gasteiger charge is -2.12. The first-order valence-electron chi connectivity index (χ1n) is 6.31. The highest BCUT2D eigenvalue weighted by atomic mass is 35.5. The third-order valence-corrected chi connectivity index (χ3v) is 5.43. The molecule has 0 bridgehead atoms. The van der Waals surface area contributed by atoms with Crippen molar-refractivity contribution in [2.75, 3.05) is 5.75 Å². The maximum Gasteiger partial charge on any atom is 0.303 e. The predicted octanol–water partition coefficient (Wildman–Crippen LogP) is 2.75. The number of hydrogen-bond acceptors (Lipinski definition) is 4. The Balaban J connectivity index is 2.00. The van der Waals surface area contributed by atoms with Gasteiger partial charge in [-0.2, -0.15) is 0 Å². The number of carboxylic acid groups (broad SMARTS) is 1. The Bertz CT molecular complexity index is 615. The van der Waals surface area contributed by atoms with Crippen molar-refractivity contribution in [3.05, 3.63) is 38.9 Å². The third-order valence-electron chi connectivity index (χ3n) is 3.51. The number of nitro benzene ring substituents is 1. The second kappa shape index (κ2) is 6.11. The number of rotatable bonds is 7. The molecule has 0 heterocycles. The van der Waals surface area contributed by atoms with Crippen LogP contribution in [0.1, 0.15) is 24.8 Å². The van der Waals surface area contributed by atoms with Crippen LogP contribution >= 0.6 is 11.6 Å². The zero-order valence-corrected chi connectivity index (χ0v) is 12.7. The van der Waals surface area contributed by atoms with Crippen LogP contribution in [0.2, 0.25) is 5.02 Å². The normalized spacial score (nSPS) is 17.2. The van der Waals surface area contributed by atoms with Crippen LogP contribution in [0, 0.1) is 15.5 Å². The molecule has 8 heteroatoms. The molecule has 0 aromatic heterocycles. The van der Waals surface area contributed by atoms with Crippen molar-refractivity contribution in [3.63, 3.8) is 0 Å². The van der Waals surface area contributed by atoms with Crippen molar-refractivity contribution in [1.82, 2.24) is 0 Å². The van der Waals surface area contributed by atoms with Gasteiger partial charge in [-0.05, 0) is 29.9 Å². The molecule has 21 heavy (non-hydrogen) atoms. The predicted molar refractivity (Wildman–Crippen MR) is 78.7 cm³/mol. The van der Waals surface area contributed by atoms with Gasteiger partial charge in [0.15, 0.2) is 0 Å². The standard InChI is InChI=1S/C13H14ClNO5S/c14-11-5-10(15(18)19)2-1-9(11)7-21(20)8-13(3-4-13)6-12(16)17/h1-2,5H,3-4,6-8H2,(H,16,17). The average molecular weight is 332 g/mol. The summed E-state index contributed by atoms with van der Waals surface area (Å²) < 4.78 is 12.1.